The lowest BCUT2D eigenvalue weighted by Crippen LogP contribution is -2.52. The average Bonchev–Trinajstić information content (AvgIpc) is 3.89. The third-order valence-electron chi connectivity index (χ3n) is 9.41. The van der Waals surface area contributed by atoms with Crippen LogP contribution in [-0.2, 0) is 9.59 Å². The van der Waals surface area contributed by atoms with E-state index in [2.05, 4.69) is 20.6 Å². The monoisotopic (exact) mass is 917 g/mol. The number of rotatable bonds is 13. The van der Waals surface area contributed by atoms with E-state index in [4.69, 9.17) is 32.7 Å². The van der Waals surface area contributed by atoms with Crippen LogP contribution in [-0.4, -0.2) is 45.6 Å². The number of hydrogen-bond donors (Lipinski definition) is 2. The van der Waals surface area contributed by atoms with Crippen molar-refractivity contribution in [3.05, 3.63) is 175 Å². The molecule has 2 unspecified atom stereocenters. The molecule has 0 aliphatic rings. The van der Waals surface area contributed by atoms with Gasteiger partial charge in [0, 0.05) is 38.6 Å². The van der Waals surface area contributed by atoms with Gasteiger partial charge in [0.2, 0.25) is 12.2 Å². The molecule has 11 nitrogen and oxygen atoms in total. The number of anilines is 2. The van der Waals surface area contributed by atoms with Crippen LogP contribution in [0.25, 0.3) is 20.4 Å². The smallest absolute Gasteiger partial charge is 0.269 e. The number of fused-ring (bicyclic) bond motifs is 2. The Morgan fingerprint density at radius 3 is 1.92 bits per heavy atom. The number of nitriles is 1. The van der Waals surface area contributed by atoms with Crippen LogP contribution in [0.1, 0.15) is 42.4 Å². The average molecular weight is 919 g/mol. The van der Waals surface area contributed by atoms with Crippen LogP contribution < -0.4 is 20.1 Å². The van der Waals surface area contributed by atoms with E-state index in [1.54, 1.807) is 41.9 Å². The second kappa shape index (κ2) is 18.1. The number of halogens is 4. The second-order valence-corrected chi connectivity index (χ2v) is 16.8. The molecule has 0 bridgehead atoms. The predicted molar refractivity (Wildman–Crippen MR) is 237 cm³/mol. The van der Waals surface area contributed by atoms with Crippen LogP contribution in [0, 0.1) is 29.9 Å². The molecule has 6 aromatic carbocycles. The lowest BCUT2D eigenvalue weighted by atomic mass is 10.0. The van der Waals surface area contributed by atoms with Gasteiger partial charge in [0.1, 0.15) is 23.1 Å². The number of amides is 2. The van der Waals surface area contributed by atoms with E-state index in [0.29, 0.717) is 17.1 Å². The van der Waals surface area contributed by atoms with E-state index in [9.17, 15) is 33.2 Å². The zero-order chi connectivity index (χ0) is 44.4. The maximum atomic E-state index is 14.8. The molecule has 0 aliphatic heterocycles. The first-order chi connectivity index (χ1) is 30.3. The predicted octanol–water partition coefficient (Wildman–Crippen LogP) is 10.6. The number of ketones is 2. The number of benzene rings is 6. The van der Waals surface area contributed by atoms with Crippen molar-refractivity contribution in [2.75, 3.05) is 10.6 Å². The fourth-order valence-electron chi connectivity index (χ4n) is 6.55. The number of aromatic nitrogens is 2. The molecular weight excluding hydrogens is 892 g/mol. The summed E-state index contributed by atoms with van der Waals surface area (Å²) >= 11 is 15.5. The van der Waals surface area contributed by atoms with Gasteiger partial charge in [-0.15, -0.1) is 22.7 Å². The van der Waals surface area contributed by atoms with E-state index in [-0.39, 0.29) is 55.2 Å². The number of carbonyl (C=O) groups is 4. The van der Waals surface area contributed by atoms with E-state index in [1.165, 1.54) is 83.3 Å². The summed E-state index contributed by atoms with van der Waals surface area (Å²) in [5.74, 6) is -6.07. The Kier molecular flexibility index (Phi) is 12.2. The van der Waals surface area contributed by atoms with Crippen molar-refractivity contribution in [2.24, 2.45) is 0 Å². The first-order valence-corrected chi connectivity index (χ1v) is 21.1. The molecule has 2 heterocycles. The van der Waals surface area contributed by atoms with E-state index in [1.807, 2.05) is 13.0 Å². The van der Waals surface area contributed by atoms with Gasteiger partial charge >= 0.3 is 0 Å². The van der Waals surface area contributed by atoms with Gasteiger partial charge in [-0.05, 0) is 104 Å². The summed E-state index contributed by atoms with van der Waals surface area (Å²) < 4.78 is 43.2. The summed E-state index contributed by atoms with van der Waals surface area (Å²) in [7, 11) is 0. The van der Waals surface area contributed by atoms with Crippen LogP contribution >= 0.6 is 45.9 Å². The number of nitrogens with zero attached hydrogens (tertiary/aromatic N) is 3. The number of hydrogen-bond acceptors (Lipinski definition) is 11. The molecule has 2 atom stereocenters. The Morgan fingerprint density at radius 2 is 1.29 bits per heavy atom. The Morgan fingerprint density at radius 1 is 0.683 bits per heavy atom. The van der Waals surface area contributed by atoms with Crippen LogP contribution in [0.15, 0.2) is 121 Å². The van der Waals surface area contributed by atoms with Crippen molar-refractivity contribution in [1.82, 2.24) is 9.97 Å². The molecule has 0 radical (unpaired) electrons. The summed E-state index contributed by atoms with van der Waals surface area (Å²) in [5, 5.41) is 16.0. The highest BCUT2D eigenvalue weighted by molar-refractivity contribution is 7.18. The zero-order valence-electron chi connectivity index (χ0n) is 32.3. The number of nitrogens with one attached hydrogen (secondary N) is 2. The Balaban J connectivity index is 1.26. The summed E-state index contributed by atoms with van der Waals surface area (Å²) in [4.78, 5) is 66.5. The van der Waals surface area contributed by atoms with Crippen LogP contribution in [0.5, 0.6) is 11.5 Å². The van der Waals surface area contributed by atoms with E-state index in [0.717, 1.165) is 26.5 Å². The molecule has 0 saturated heterocycles. The maximum absolute atomic E-state index is 14.8. The highest BCUT2D eigenvalue weighted by Gasteiger charge is 2.40. The molecule has 2 N–H and O–H groups in total. The SMILES string of the molecule is Cc1nc2cc(NC(=O)C(Oc3ccc(Cl)cc3C(=O)c3cccc(C#N)c3)C(Oc3ccc(Cl)cc3C(=O)c3cc(F)cc(F)c3)C(=O)Nc3ccc4ncsc4c3)ccc2s1. The third-order valence-corrected chi connectivity index (χ3v) is 11.6. The van der Waals surface area contributed by atoms with Crippen molar-refractivity contribution >= 4 is 101 Å². The molecule has 312 valence electrons. The number of ether oxygens (including phenoxy) is 2. The minimum absolute atomic E-state index is 0.0319. The highest BCUT2D eigenvalue weighted by atomic mass is 35.5. The normalized spacial score (nSPS) is 12.0. The largest absolute Gasteiger partial charge is 0.475 e. The molecule has 8 aromatic rings. The number of aryl methyl sites for hydroxylation is 1. The maximum Gasteiger partial charge on any atom is 0.269 e. The Hall–Kier alpha value is -7.09. The second-order valence-electron chi connectivity index (χ2n) is 13.8. The van der Waals surface area contributed by atoms with Crippen molar-refractivity contribution < 1.29 is 37.4 Å². The molecule has 63 heavy (non-hydrogen) atoms. The highest BCUT2D eigenvalue weighted by Crippen LogP contribution is 2.33. The van der Waals surface area contributed by atoms with Gasteiger partial charge in [0.15, 0.2) is 11.6 Å². The quantitative estimate of drug-likeness (QED) is 0.107. The Bertz CT molecular complexity index is 3170. The van der Waals surface area contributed by atoms with Gasteiger partial charge in [0.25, 0.3) is 11.8 Å². The van der Waals surface area contributed by atoms with Crippen LogP contribution in [0.3, 0.4) is 0 Å². The molecule has 17 heteroatoms. The fourth-order valence-corrected chi connectivity index (χ4v) is 8.42. The third kappa shape index (κ3) is 9.54. The van der Waals surface area contributed by atoms with Crippen molar-refractivity contribution in [3.8, 4) is 17.6 Å². The first-order valence-electron chi connectivity index (χ1n) is 18.6. The van der Waals surface area contributed by atoms with Crippen molar-refractivity contribution in [1.29, 1.82) is 5.26 Å². The summed E-state index contributed by atoms with van der Waals surface area (Å²) in [6, 6.07) is 27.9. The molecule has 8 rings (SSSR count). The molecular formula is C46H27Cl2F2N5O6S2. The zero-order valence-corrected chi connectivity index (χ0v) is 35.5. The van der Waals surface area contributed by atoms with Gasteiger partial charge in [-0.25, -0.2) is 18.7 Å². The van der Waals surface area contributed by atoms with Crippen LogP contribution in [0.2, 0.25) is 10.0 Å². The Labute approximate surface area is 374 Å². The van der Waals surface area contributed by atoms with Crippen molar-refractivity contribution in [2.45, 2.75) is 19.1 Å². The van der Waals surface area contributed by atoms with Gasteiger partial charge in [-0.1, -0.05) is 35.3 Å². The van der Waals surface area contributed by atoms with Crippen molar-refractivity contribution in [3.63, 3.8) is 0 Å². The molecule has 0 aliphatic carbocycles. The van der Waals surface area contributed by atoms with Gasteiger partial charge < -0.3 is 20.1 Å². The van der Waals surface area contributed by atoms with Gasteiger partial charge in [-0.2, -0.15) is 5.26 Å². The molecule has 0 fully saturated rings. The summed E-state index contributed by atoms with van der Waals surface area (Å²) in [6.45, 7) is 1.84. The minimum atomic E-state index is -2.01. The van der Waals surface area contributed by atoms with Crippen LogP contribution in [0.4, 0.5) is 20.2 Å². The lowest BCUT2D eigenvalue weighted by molar-refractivity contribution is -0.136. The lowest BCUT2D eigenvalue weighted by Gasteiger charge is -2.28. The first kappa shape index (κ1) is 42.6. The van der Waals surface area contributed by atoms with Gasteiger partial charge in [0.05, 0.1) is 53.7 Å². The summed E-state index contributed by atoms with van der Waals surface area (Å²) in [6.07, 6.45) is -4.00. The van der Waals surface area contributed by atoms with E-state index >= 15 is 0 Å². The topological polar surface area (TPSA) is 160 Å². The molecule has 2 aromatic heterocycles. The minimum Gasteiger partial charge on any atom is -0.475 e. The number of carbonyl (C=O) groups excluding carboxylic acids is 4. The van der Waals surface area contributed by atoms with Gasteiger partial charge in [-0.3, -0.25) is 19.2 Å². The standard InChI is InChI=1S/C46H27Cl2F2N5O6S2/c1-23-53-36-19-31(8-12-39(36)63-23)54-45(58)43(60-37-10-5-27(47)16-33(37)41(56)25-4-2-3-24(13-25)21-51)44(46(59)55-32-7-9-35-40(20-32)62-22-52-35)61-38-11-6-28(48)17-34(38)42(57)26-14-29(49)18-30(50)15-26/h2-20,22,43-44H,1H3,(H,54,58)(H,55,59). The number of thiazole rings is 2. The van der Waals surface area contributed by atoms with E-state index < -0.39 is 52.8 Å². The molecule has 0 saturated carbocycles. The summed E-state index contributed by atoms with van der Waals surface area (Å²) in [5.41, 5.74) is 2.85. The molecule has 2 amide bonds. The molecule has 0 spiro atoms. The fraction of sp³-hybridized carbons (Fsp3) is 0.0652.